The van der Waals surface area contributed by atoms with E-state index in [1.165, 1.54) is 0 Å². The molecule has 2 aliphatic heterocycles. The highest BCUT2D eigenvalue weighted by atomic mass is 16.5. The first-order chi connectivity index (χ1) is 26.1. The monoisotopic (exact) mass is 739 g/mol. The summed E-state index contributed by atoms with van der Waals surface area (Å²) in [4.78, 5) is 61.9. The molecule has 290 valence electrons. The van der Waals surface area contributed by atoms with Crippen LogP contribution in [0.1, 0.15) is 75.5 Å². The summed E-state index contributed by atoms with van der Waals surface area (Å²) < 4.78 is 5.83. The normalized spacial score (nSPS) is 17.0. The van der Waals surface area contributed by atoms with Gasteiger partial charge in [0.25, 0.3) is 0 Å². The molecule has 2 aromatic carbocycles. The summed E-state index contributed by atoms with van der Waals surface area (Å²) in [6.07, 6.45) is 6.81. The summed E-state index contributed by atoms with van der Waals surface area (Å²) >= 11 is 0. The molecule has 1 aromatic heterocycles. The third-order valence-electron chi connectivity index (χ3n) is 10.6. The van der Waals surface area contributed by atoms with Crippen molar-refractivity contribution in [1.29, 1.82) is 0 Å². The van der Waals surface area contributed by atoms with Crippen LogP contribution in [0, 0.1) is 5.92 Å². The van der Waals surface area contributed by atoms with Gasteiger partial charge < -0.3 is 37.1 Å². The SMILES string of the molecule is CC(C)C[C@@H](NC(=O)[C@@H](Cc1ccccc1)NC(=O)[C@H](N)Cc1ccccc1)C(=O)N[C@H](CCCCN)C(=O)N1CCC2(CCOc3ncccc32)CC1. The zero-order valence-electron chi connectivity index (χ0n) is 31.7. The molecule has 3 heterocycles. The number of hydrogen-bond acceptors (Lipinski definition) is 8. The average Bonchev–Trinajstić information content (AvgIpc) is 3.18. The average molecular weight is 740 g/mol. The van der Waals surface area contributed by atoms with E-state index in [0.29, 0.717) is 64.2 Å². The van der Waals surface area contributed by atoms with Crippen molar-refractivity contribution in [2.75, 3.05) is 26.2 Å². The molecule has 12 nitrogen and oxygen atoms in total. The van der Waals surface area contributed by atoms with Gasteiger partial charge in [-0.05, 0) is 81.0 Å². The van der Waals surface area contributed by atoms with Crippen molar-refractivity contribution in [3.05, 3.63) is 95.7 Å². The number of benzene rings is 2. The molecule has 3 aromatic rings. The van der Waals surface area contributed by atoms with Crippen LogP contribution in [-0.4, -0.2) is 83.9 Å². The Kier molecular flexibility index (Phi) is 14.6. The molecule has 0 unspecified atom stereocenters. The molecule has 1 fully saturated rings. The minimum atomic E-state index is -0.989. The second-order valence-electron chi connectivity index (χ2n) is 15.1. The summed E-state index contributed by atoms with van der Waals surface area (Å²) in [7, 11) is 0. The number of nitrogens with one attached hydrogen (secondary N) is 3. The molecule has 1 spiro atoms. The Labute approximate surface area is 319 Å². The summed E-state index contributed by atoms with van der Waals surface area (Å²) in [5.74, 6) is -0.817. The molecule has 0 saturated carbocycles. The van der Waals surface area contributed by atoms with Gasteiger partial charge >= 0.3 is 0 Å². The van der Waals surface area contributed by atoms with Crippen molar-refractivity contribution >= 4 is 23.6 Å². The van der Waals surface area contributed by atoms with Gasteiger partial charge in [0, 0.05) is 36.7 Å². The fourth-order valence-electron chi connectivity index (χ4n) is 7.58. The number of aromatic nitrogens is 1. The standard InChI is InChI=1S/C42H57N7O5/c1-29(2)26-35(48-39(52)36(28-31-14-7-4-8-15-31)47-37(50)33(44)27-30-12-5-3-6-13-30)38(51)46-34(17-9-10-21-43)41(53)49-23-18-42(19-24-49)20-25-54-40-32(42)16-11-22-45-40/h3-8,11-16,22,29,33-36H,9-10,17-21,23-28,43-44H2,1-2H3,(H,46,51)(H,47,50)(H,48,52)/t33-,34-,35-,36-/m1/s1. The Balaban J connectivity index is 1.28. The van der Waals surface area contributed by atoms with Crippen molar-refractivity contribution in [2.45, 2.75) is 101 Å². The summed E-state index contributed by atoms with van der Waals surface area (Å²) in [6.45, 7) is 6.11. The second kappa shape index (κ2) is 19.5. The van der Waals surface area contributed by atoms with Gasteiger partial charge in [-0.1, -0.05) is 80.6 Å². The number of pyridine rings is 1. The Morgan fingerprint density at radius 2 is 1.39 bits per heavy atom. The van der Waals surface area contributed by atoms with E-state index in [2.05, 4.69) is 27.0 Å². The lowest BCUT2D eigenvalue weighted by Gasteiger charge is -2.45. The van der Waals surface area contributed by atoms with Crippen molar-refractivity contribution in [2.24, 2.45) is 17.4 Å². The van der Waals surface area contributed by atoms with Gasteiger partial charge in [-0.15, -0.1) is 0 Å². The van der Waals surface area contributed by atoms with E-state index in [-0.39, 0.29) is 23.7 Å². The zero-order chi connectivity index (χ0) is 38.5. The van der Waals surface area contributed by atoms with E-state index in [0.717, 1.165) is 36.0 Å². The van der Waals surface area contributed by atoms with Crippen LogP contribution in [0.3, 0.4) is 0 Å². The molecular weight excluding hydrogens is 683 g/mol. The lowest BCUT2D eigenvalue weighted by atomic mass is 9.70. The number of amides is 4. The zero-order valence-corrected chi connectivity index (χ0v) is 31.7. The number of fused-ring (bicyclic) bond motifs is 2. The van der Waals surface area contributed by atoms with Gasteiger partial charge in [-0.25, -0.2) is 4.98 Å². The van der Waals surface area contributed by atoms with Crippen LogP contribution in [0.2, 0.25) is 0 Å². The van der Waals surface area contributed by atoms with Gasteiger partial charge in [0.05, 0.1) is 12.6 Å². The van der Waals surface area contributed by atoms with Crippen LogP contribution in [0.15, 0.2) is 79.0 Å². The molecular formula is C42H57N7O5. The van der Waals surface area contributed by atoms with E-state index in [9.17, 15) is 19.2 Å². The number of carbonyl (C=O) groups excluding carboxylic acids is 4. The molecule has 54 heavy (non-hydrogen) atoms. The lowest BCUT2D eigenvalue weighted by Crippen LogP contribution is -2.59. The molecule has 2 aliphatic rings. The fourth-order valence-corrected chi connectivity index (χ4v) is 7.58. The quantitative estimate of drug-likeness (QED) is 0.131. The maximum Gasteiger partial charge on any atom is 0.245 e. The number of unbranched alkanes of at least 4 members (excludes halogenated alkanes) is 1. The van der Waals surface area contributed by atoms with Crippen LogP contribution >= 0.6 is 0 Å². The predicted octanol–water partition coefficient (Wildman–Crippen LogP) is 3.17. The number of hydrogen-bond donors (Lipinski definition) is 5. The Hall–Kier alpha value is -4.81. The van der Waals surface area contributed by atoms with Gasteiger partial charge in [-0.2, -0.15) is 0 Å². The van der Waals surface area contributed by atoms with E-state index in [1.54, 1.807) is 6.20 Å². The molecule has 4 atom stereocenters. The third kappa shape index (κ3) is 10.9. The van der Waals surface area contributed by atoms with E-state index >= 15 is 0 Å². The van der Waals surface area contributed by atoms with Crippen LogP contribution in [0.5, 0.6) is 5.88 Å². The number of piperidine rings is 1. The predicted molar refractivity (Wildman–Crippen MR) is 208 cm³/mol. The topological polar surface area (TPSA) is 182 Å². The minimum absolute atomic E-state index is 0.0454. The molecule has 0 aliphatic carbocycles. The highest BCUT2D eigenvalue weighted by molar-refractivity contribution is 5.95. The first kappa shape index (κ1) is 40.4. The molecule has 1 saturated heterocycles. The third-order valence-corrected chi connectivity index (χ3v) is 10.6. The van der Waals surface area contributed by atoms with Gasteiger partial charge in [-0.3, -0.25) is 19.2 Å². The number of rotatable bonds is 17. The molecule has 7 N–H and O–H groups in total. The summed E-state index contributed by atoms with van der Waals surface area (Å²) in [6, 6.07) is 19.3. The van der Waals surface area contributed by atoms with Gasteiger partial charge in [0.1, 0.15) is 18.1 Å². The maximum atomic E-state index is 14.1. The fraction of sp³-hybridized carbons (Fsp3) is 0.500. The lowest BCUT2D eigenvalue weighted by molar-refractivity contribution is -0.139. The van der Waals surface area contributed by atoms with E-state index < -0.39 is 41.9 Å². The molecule has 4 amide bonds. The Bertz CT molecular complexity index is 1680. The Morgan fingerprint density at radius 3 is 2.04 bits per heavy atom. The van der Waals surface area contributed by atoms with Gasteiger partial charge in [0.2, 0.25) is 29.5 Å². The van der Waals surface area contributed by atoms with Crippen molar-refractivity contribution in [1.82, 2.24) is 25.8 Å². The molecule has 0 bridgehead atoms. The minimum Gasteiger partial charge on any atom is -0.477 e. The summed E-state index contributed by atoms with van der Waals surface area (Å²) in [5.41, 5.74) is 14.9. The van der Waals surface area contributed by atoms with Crippen LogP contribution in [0.4, 0.5) is 0 Å². The number of nitrogens with two attached hydrogens (primary N) is 2. The van der Waals surface area contributed by atoms with Gasteiger partial charge in [0.15, 0.2) is 0 Å². The number of ether oxygens (including phenoxy) is 1. The number of nitrogens with zero attached hydrogens (tertiary/aromatic N) is 2. The van der Waals surface area contributed by atoms with Crippen molar-refractivity contribution in [3.8, 4) is 5.88 Å². The Morgan fingerprint density at radius 1 is 0.778 bits per heavy atom. The highest BCUT2D eigenvalue weighted by Gasteiger charge is 2.43. The van der Waals surface area contributed by atoms with E-state index in [1.807, 2.05) is 85.5 Å². The van der Waals surface area contributed by atoms with Crippen LogP contribution < -0.4 is 32.2 Å². The highest BCUT2D eigenvalue weighted by Crippen LogP contribution is 2.44. The first-order valence-corrected chi connectivity index (χ1v) is 19.4. The molecule has 0 radical (unpaired) electrons. The molecule has 12 heteroatoms. The number of carbonyl (C=O) groups is 4. The van der Waals surface area contributed by atoms with Crippen molar-refractivity contribution in [3.63, 3.8) is 0 Å². The van der Waals surface area contributed by atoms with Crippen molar-refractivity contribution < 1.29 is 23.9 Å². The second-order valence-corrected chi connectivity index (χ2v) is 15.1. The van der Waals surface area contributed by atoms with Crippen LogP contribution in [-0.2, 0) is 37.4 Å². The van der Waals surface area contributed by atoms with Crippen LogP contribution in [0.25, 0.3) is 0 Å². The summed E-state index contributed by atoms with van der Waals surface area (Å²) in [5, 5.41) is 8.81. The smallest absolute Gasteiger partial charge is 0.245 e. The maximum absolute atomic E-state index is 14.1. The first-order valence-electron chi connectivity index (χ1n) is 19.4. The number of likely N-dealkylation sites (tertiary alicyclic amines) is 1. The largest absolute Gasteiger partial charge is 0.477 e. The molecule has 5 rings (SSSR count). The van der Waals surface area contributed by atoms with E-state index in [4.69, 9.17) is 16.2 Å².